The van der Waals surface area contributed by atoms with Gasteiger partial charge in [0.1, 0.15) is 0 Å². The monoisotopic (exact) mass is 528 g/mol. The average Bonchev–Trinajstić information content (AvgIpc) is 3.35. The summed E-state index contributed by atoms with van der Waals surface area (Å²) < 4.78 is 0. The van der Waals surface area contributed by atoms with Crippen LogP contribution in [-0.2, 0) is 36.2 Å². The molecule has 0 fully saturated rings. The Balaban J connectivity index is 0.000000197. The van der Waals surface area contributed by atoms with Crippen LogP contribution >= 0.6 is 0 Å². The molecule has 0 bridgehead atoms. The van der Waals surface area contributed by atoms with E-state index in [2.05, 4.69) is 115 Å². The van der Waals surface area contributed by atoms with Crippen molar-refractivity contribution in [1.29, 1.82) is 0 Å². The molecule has 0 aliphatic heterocycles. The first-order valence-electron chi connectivity index (χ1n) is 12.0. The van der Waals surface area contributed by atoms with Crippen molar-refractivity contribution < 1.29 is 23.3 Å². The molecular formula is C31H38SiZr. The quantitative estimate of drug-likeness (QED) is 0.218. The van der Waals surface area contributed by atoms with Crippen molar-refractivity contribution in [3.8, 4) is 11.1 Å². The summed E-state index contributed by atoms with van der Waals surface area (Å²) in [5.74, 6) is 0.560. The number of hydrogen-bond acceptors (Lipinski definition) is 0. The first-order valence-corrected chi connectivity index (χ1v) is 18.2. The zero-order chi connectivity index (χ0) is 24.3. The molecule has 2 aliphatic carbocycles. The van der Waals surface area contributed by atoms with Gasteiger partial charge in [-0.2, -0.15) is 11.1 Å². The maximum atomic E-state index is 3.36. The molecule has 0 heterocycles. The minimum absolute atomic E-state index is 0.210. The van der Waals surface area contributed by atoms with Crippen molar-refractivity contribution in [2.24, 2.45) is 11.3 Å². The topological polar surface area (TPSA) is 0 Å². The van der Waals surface area contributed by atoms with Crippen LogP contribution in [0.2, 0.25) is 13.1 Å². The van der Waals surface area contributed by atoms with Crippen LogP contribution < -0.4 is 0 Å². The Morgan fingerprint density at radius 1 is 1.00 bits per heavy atom. The van der Waals surface area contributed by atoms with Gasteiger partial charge in [-0.3, -0.25) is 6.08 Å². The number of fused-ring (bicyclic) bond motifs is 2. The summed E-state index contributed by atoms with van der Waals surface area (Å²) in [7, 11) is 0. The average molecular weight is 530 g/mol. The fraction of sp³-hybridized carbons (Fsp3) is 0.387. The maximum absolute atomic E-state index is 3.36. The molecule has 1 atom stereocenters. The number of allylic oxidation sites excluding steroid dienone is 4. The van der Waals surface area contributed by atoms with Crippen LogP contribution in [0.3, 0.4) is 0 Å². The second kappa shape index (κ2) is 10.9. The Bertz CT molecular complexity index is 1200. The van der Waals surface area contributed by atoms with E-state index in [0.29, 0.717) is 11.3 Å². The van der Waals surface area contributed by atoms with Crippen LogP contribution in [0.15, 0.2) is 71.3 Å². The summed E-state index contributed by atoms with van der Waals surface area (Å²) in [4.78, 5) is 0. The number of benzene rings is 2. The van der Waals surface area contributed by atoms with E-state index in [0.717, 1.165) is 0 Å². The van der Waals surface area contributed by atoms with Gasteiger partial charge < -0.3 is 0 Å². The van der Waals surface area contributed by atoms with Gasteiger partial charge >= 0.3 is 41.9 Å². The van der Waals surface area contributed by atoms with Crippen LogP contribution in [0.4, 0.5) is 0 Å². The third-order valence-electron chi connectivity index (χ3n) is 6.75. The van der Waals surface area contributed by atoms with Crippen LogP contribution in [-0.4, -0.2) is 5.43 Å². The first kappa shape index (κ1) is 26.2. The van der Waals surface area contributed by atoms with Gasteiger partial charge in [0.05, 0.1) is 0 Å². The summed E-state index contributed by atoms with van der Waals surface area (Å²) in [6.07, 6.45) is 5.78. The molecule has 5 rings (SSSR count). The summed E-state index contributed by atoms with van der Waals surface area (Å²) in [5, 5.41) is 2.80. The van der Waals surface area contributed by atoms with Gasteiger partial charge in [-0.05, 0) is 18.3 Å². The molecule has 1 unspecified atom stereocenters. The fourth-order valence-electron chi connectivity index (χ4n) is 4.80. The van der Waals surface area contributed by atoms with Crippen LogP contribution in [0, 0.1) is 17.4 Å². The molecule has 0 saturated heterocycles. The Kier molecular flexibility index (Phi) is 8.68. The third kappa shape index (κ3) is 6.61. The van der Waals surface area contributed by atoms with Crippen molar-refractivity contribution in [2.75, 3.05) is 0 Å². The molecule has 170 valence electrons. The summed E-state index contributed by atoms with van der Waals surface area (Å²) in [6.45, 7) is 18.0. The molecule has 0 nitrogen and oxygen atoms in total. The van der Waals surface area contributed by atoms with E-state index in [1.54, 1.807) is 34.5 Å². The molecule has 2 aliphatic rings. The predicted molar refractivity (Wildman–Crippen MR) is 144 cm³/mol. The van der Waals surface area contributed by atoms with Crippen LogP contribution in [0.5, 0.6) is 0 Å². The van der Waals surface area contributed by atoms with E-state index < -0.39 is 0 Å². The number of rotatable bonds is 1. The molecule has 3 aromatic rings. The first-order chi connectivity index (χ1) is 15.5. The van der Waals surface area contributed by atoms with Gasteiger partial charge in [0.2, 0.25) is 0 Å². The zero-order valence-electron chi connectivity index (χ0n) is 21.7. The Labute approximate surface area is 216 Å². The van der Waals surface area contributed by atoms with E-state index in [4.69, 9.17) is 0 Å². The Hall–Kier alpha value is -1.37. The van der Waals surface area contributed by atoms with E-state index in [-0.39, 0.29) is 5.43 Å². The Morgan fingerprint density at radius 3 is 2.06 bits per heavy atom. The molecule has 0 saturated carbocycles. The minimum atomic E-state index is 0.210. The van der Waals surface area contributed by atoms with Gasteiger partial charge in [0, 0.05) is 0 Å². The van der Waals surface area contributed by atoms with E-state index in [1.807, 2.05) is 0 Å². The van der Waals surface area contributed by atoms with Gasteiger partial charge in [-0.25, -0.2) is 5.57 Å². The summed E-state index contributed by atoms with van der Waals surface area (Å²) in [5.41, 5.74) is 10.7. The van der Waals surface area contributed by atoms with Crippen molar-refractivity contribution in [1.82, 2.24) is 0 Å². The molecule has 2 heteroatoms. The summed E-state index contributed by atoms with van der Waals surface area (Å²) >= 11 is 1.74. The molecule has 0 radical (unpaired) electrons. The van der Waals surface area contributed by atoms with Gasteiger partial charge in [0.15, 0.2) is 0 Å². The molecule has 3 aromatic carbocycles. The van der Waals surface area contributed by atoms with Gasteiger partial charge in [0.25, 0.3) is 0 Å². The van der Waals surface area contributed by atoms with Crippen LogP contribution in [0.1, 0.15) is 52.7 Å². The predicted octanol–water partition coefficient (Wildman–Crippen LogP) is 8.86. The van der Waals surface area contributed by atoms with Crippen molar-refractivity contribution in [3.05, 3.63) is 88.5 Å². The SMILES string of the molecule is CC1(C)Cc2cc3[cH-]cc(-c4ccccc4)c3cc2C1.CC1=[C-]C(C)C(C)=C1C.C[Si](C)=[Zr+2]. The number of hydrogen-bond donors (Lipinski definition) is 0. The standard InChI is InChI=1S/C20H19.C9H13.C2H6Si.Zr/c1-20(2)12-16-10-15-8-9-18(14-6-4-3-5-7-14)19(15)11-17(16)13-20;1-6-5-7(2)9(4)8(6)3;1-3-2;/h3-11H,12-13H2,1-2H3;6H,1-4H3;1-2H3;/q2*-1;;+2. The second-order valence-corrected chi connectivity index (χ2v) is 20.0. The molecule has 0 aromatic heterocycles. The van der Waals surface area contributed by atoms with E-state index in [1.165, 1.54) is 51.5 Å². The normalized spacial score (nSPS) is 18.2. The van der Waals surface area contributed by atoms with Gasteiger partial charge in [-0.1, -0.05) is 87.6 Å². The van der Waals surface area contributed by atoms with Crippen molar-refractivity contribution in [3.63, 3.8) is 0 Å². The fourth-order valence-corrected chi connectivity index (χ4v) is 4.80. The van der Waals surface area contributed by atoms with Gasteiger partial charge in [-0.15, -0.1) is 47.5 Å². The second-order valence-electron chi connectivity index (χ2n) is 10.6. The summed E-state index contributed by atoms with van der Waals surface area (Å²) in [6, 6.07) is 20.1. The van der Waals surface area contributed by atoms with Crippen molar-refractivity contribution in [2.45, 2.75) is 67.5 Å². The third-order valence-corrected chi connectivity index (χ3v) is 6.75. The molecular weight excluding hydrogens is 492 g/mol. The Morgan fingerprint density at radius 2 is 1.58 bits per heavy atom. The van der Waals surface area contributed by atoms with E-state index in [9.17, 15) is 0 Å². The molecule has 0 N–H and O–H groups in total. The zero-order valence-corrected chi connectivity index (χ0v) is 25.1. The van der Waals surface area contributed by atoms with Crippen LogP contribution in [0.25, 0.3) is 21.9 Å². The molecule has 0 amide bonds. The molecule has 33 heavy (non-hydrogen) atoms. The van der Waals surface area contributed by atoms with E-state index >= 15 is 0 Å². The molecule has 0 spiro atoms. The van der Waals surface area contributed by atoms with Crippen molar-refractivity contribution >= 4 is 16.2 Å².